The number of rotatable bonds is 4. The predicted octanol–water partition coefficient (Wildman–Crippen LogP) is 0.425. The maximum absolute atomic E-state index is 12.1. The summed E-state index contributed by atoms with van der Waals surface area (Å²) in [6.07, 6.45) is 2.50. The zero-order valence-corrected chi connectivity index (χ0v) is 11.2. The summed E-state index contributed by atoms with van der Waals surface area (Å²) in [6, 6.07) is 6.69. The third-order valence-corrected chi connectivity index (χ3v) is 2.93. The fourth-order valence-electron chi connectivity index (χ4n) is 1.78. The Labute approximate surface area is 121 Å². The standard InChI is InChI=1S/C14H16N2O5/c15-14(7-20-9-21-8-14)13(19)16-11-4-1-10(2-5-11)3-6-12(17)18/h1-6H,7-9,15H2,(H,16,19)(H,17,18)/b6-3+. The molecule has 0 unspecified atom stereocenters. The van der Waals surface area contributed by atoms with Gasteiger partial charge in [-0.15, -0.1) is 0 Å². The summed E-state index contributed by atoms with van der Waals surface area (Å²) >= 11 is 0. The number of carbonyl (C=O) groups is 2. The molecule has 0 aromatic heterocycles. The Kier molecular flexibility index (Phi) is 4.69. The van der Waals surface area contributed by atoms with Crippen LogP contribution < -0.4 is 11.1 Å². The van der Waals surface area contributed by atoms with Gasteiger partial charge in [-0.25, -0.2) is 4.79 Å². The molecule has 1 amide bonds. The van der Waals surface area contributed by atoms with Crippen LogP contribution in [0.5, 0.6) is 0 Å². The largest absolute Gasteiger partial charge is 0.478 e. The van der Waals surface area contributed by atoms with E-state index in [0.29, 0.717) is 11.3 Å². The number of amides is 1. The molecule has 0 atom stereocenters. The average molecular weight is 292 g/mol. The van der Waals surface area contributed by atoms with E-state index in [2.05, 4.69) is 5.32 Å². The topological polar surface area (TPSA) is 111 Å². The van der Waals surface area contributed by atoms with Gasteiger partial charge in [0.05, 0.1) is 13.2 Å². The van der Waals surface area contributed by atoms with Crippen LogP contribution in [0.15, 0.2) is 30.3 Å². The van der Waals surface area contributed by atoms with Crippen molar-refractivity contribution in [1.29, 1.82) is 0 Å². The van der Waals surface area contributed by atoms with Crippen molar-refractivity contribution in [2.75, 3.05) is 25.3 Å². The van der Waals surface area contributed by atoms with E-state index in [4.69, 9.17) is 20.3 Å². The lowest BCUT2D eigenvalue weighted by Gasteiger charge is -2.31. The van der Waals surface area contributed by atoms with E-state index in [1.807, 2.05) is 0 Å². The molecule has 0 saturated carbocycles. The highest BCUT2D eigenvalue weighted by molar-refractivity contribution is 5.98. The Morgan fingerprint density at radius 3 is 2.43 bits per heavy atom. The van der Waals surface area contributed by atoms with Gasteiger partial charge in [-0.05, 0) is 23.8 Å². The highest BCUT2D eigenvalue weighted by Gasteiger charge is 2.37. The normalized spacial score (nSPS) is 17.6. The van der Waals surface area contributed by atoms with E-state index < -0.39 is 17.4 Å². The fraction of sp³-hybridized carbons (Fsp3) is 0.286. The van der Waals surface area contributed by atoms with Crippen LogP contribution in [0.4, 0.5) is 5.69 Å². The van der Waals surface area contributed by atoms with E-state index in [1.165, 1.54) is 6.08 Å². The highest BCUT2D eigenvalue weighted by atomic mass is 16.7. The van der Waals surface area contributed by atoms with Crippen LogP contribution in [0.3, 0.4) is 0 Å². The number of nitrogens with one attached hydrogen (secondary N) is 1. The summed E-state index contributed by atoms with van der Waals surface area (Å²) in [7, 11) is 0. The number of hydrogen-bond acceptors (Lipinski definition) is 5. The second kappa shape index (κ2) is 6.49. The number of hydrogen-bond donors (Lipinski definition) is 3. The van der Waals surface area contributed by atoms with Crippen LogP contribution in [0.25, 0.3) is 6.08 Å². The first-order chi connectivity index (χ1) is 9.99. The molecular formula is C14H16N2O5. The third-order valence-electron chi connectivity index (χ3n) is 2.93. The smallest absolute Gasteiger partial charge is 0.328 e. The van der Waals surface area contributed by atoms with E-state index >= 15 is 0 Å². The number of carboxylic acid groups (broad SMARTS) is 1. The molecule has 1 saturated heterocycles. The number of carbonyl (C=O) groups excluding carboxylic acids is 1. The minimum Gasteiger partial charge on any atom is -0.478 e. The summed E-state index contributed by atoms with van der Waals surface area (Å²) in [5, 5.41) is 11.2. The van der Waals surface area contributed by atoms with Crippen molar-refractivity contribution in [3.8, 4) is 0 Å². The van der Waals surface area contributed by atoms with Crippen molar-refractivity contribution in [3.63, 3.8) is 0 Å². The van der Waals surface area contributed by atoms with Gasteiger partial charge >= 0.3 is 5.97 Å². The highest BCUT2D eigenvalue weighted by Crippen LogP contribution is 2.15. The molecule has 7 heteroatoms. The lowest BCUT2D eigenvalue weighted by molar-refractivity contribution is -0.153. The lowest BCUT2D eigenvalue weighted by atomic mass is 10.0. The molecule has 2 rings (SSSR count). The maximum Gasteiger partial charge on any atom is 0.328 e. The van der Waals surface area contributed by atoms with Gasteiger partial charge in [-0.3, -0.25) is 4.79 Å². The van der Waals surface area contributed by atoms with E-state index in [-0.39, 0.29) is 20.0 Å². The number of benzene rings is 1. The summed E-state index contributed by atoms with van der Waals surface area (Å²) in [4.78, 5) is 22.5. The molecule has 0 spiro atoms. The van der Waals surface area contributed by atoms with Crippen LogP contribution in [0, 0.1) is 0 Å². The van der Waals surface area contributed by atoms with Crippen LogP contribution in [0.1, 0.15) is 5.56 Å². The Hall–Kier alpha value is -2.22. The first-order valence-electron chi connectivity index (χ1n) is 6.26. The van der Waals surface area contributed by atoms with Crippen molar-refractivity contribution in [2.24, 2.45) is 5.73 Å². The number of aliphatic carboxylic acids is 1. The molecule has 1 aromatic rings. The SMILES string of the molecule is NC1(C(=O)Nc2ccc(/C=C/C(=O)O)cc2)COCOC1. The van der Waals surface area contributed by atoms with E-state index in [1.54, 1.807) is 24.3 Å². The number of nitrogens with two attached hydrogens (primary N) is 1. The molecule has 112 valence electrons. The van der Waals surface area contributed by atoms with Crippen molar-refractivity contribution in [1.82, 2.24) is 0 Å². The second-order valence-electron chi connectivity index (χ2n) is 4.72. The van der Waals surface area contributed by atoms with Gasteiger partial charge in [0.1, 0.15) is 12.3 Å². The molecule has 1 aliphatic heterocycles. The molecule has 0 radical (unpaired) electrons. The van der Waals surface area contributed by atoms with E-state index in [0.717, 1.165) is 6.08 Å². The summed E-state index contributed by atoms with van der Waals surface area (Å²) < 4.78 is 10.1. The monoisotopic (exact) mass is 292 g/mol. The molecule has 4 N–H and O–H groups in total. The number of ether oxygens (including phenoxy) is 2. The Morgan fingerprint density at radius 2 is 1.86 bits per heavy atom. The second-order valence-corrected chi connectivity index (χ2v) is 4.72. The summed E-state index contributed by atoms with van der Waals surface area (Å²) in [5.74, 6) is -1.41. The van der Waals surface area contributed by atoms with Crippen molar-refractivity contribution >= 4 is 23.6 Å². The fourth-order valence-corrected chi connectivity index (χ4v) is 1.78. The number of carboxylic acids is 1. The third kappa shape index (κ3) is 4.12. The molecule has 0 aliphatic carbocycles. The van der Waals surface area contributed by atoms with Crippen molar-refractivity contribution in [3.05, 3.63) is 35.9 Å². The van der Waals surface area contributed by atoms with E-state index in [9.17, 15) is 9.59 Å². The van der Waals surface area contributed by atoms with Crippen LogP contribution >= 0.6 is 0 Å². The number of anilines is 1. The Bertz CT molecular complexity index is 547. The molecule has 0 bridgehead atoms. The van der Waals surface area contributed by atoms with Crippen LogP contribution in [0.2, 0.25) is 0 Å². The lowest BCUT2D eigenvalue weighted by Crippen LogP contribution is -2.60. The molecule has 1 aromatic carbocycles. The maximum atomic E-state index is 12.1. The zero-order chi connectivity index (χ0) is 15.3. The average Bonchev–Trinajstić information content (AvgIpc) is 2.47. The van der Waals surface area contributed by atoms with Crippen LogP contribution in [-0.4, -0.2) is 42.5 Å². The first kappa shape index (κ1) is 15.2. The van der Waals surface area contributed by atoms with Crippen molar-refractivity contribution < 1.29 is 24.2 Å². The predicted molar refractivity (Wildman–Crippen MR) is 75.4 cm³/mol. The molecule has 1 aliphatic rings. The Morgan fingerprint density at radius 1 is 1.24 bits per heavy atom. The minimum absolute atomic E-state index is 0.0955. The zero-order valence-electron chi connectivity index (χ0n) is 11.2. The molecular weight excluding hydrogens is 276 g/mol. The first-order valence-corrected chi connectivity index (χ1v) is 6.26. The Balaban J connectivity index is 1.99. The van der Waals surface area contributed by atoms with Crippen LogP contribution in [-0.2, 0) is 19.1 Å². The van der Waals surface area contributed by atoms with Gasteiger partial charge in [0.25, 0.3) is 0 Å². The van der Waals surface area contributed by atoms with Gasteiger partial charge in [-0.2, -0.15) is 0 Å². The molecule has 1 heterocycles. The minimum atomic E-state index is -1.21. The van der Waals surface area contributed by atoms with Gasteiger partial charge in [-0.1, -0.05) is 12.1 Å². The van der Waals surface area contributed by atoms with Gasteiger partial charge in [0, 0.05) is 11.8 Å². The summed E-state index contributed by atoms with van der Waals surface area (Å²) in [6.45, 7) is 0.327. The molecule has 7 nitrogen and oxygen atoms in total. The van der Waals surface area contributed by atoms with Crippen molar-refractivity contribution in [2.45, 2.75) is 5.54 Å². The van der Waals surface area contributed by atoms with Gasteiger partial charge in [0.15, 0.2) is 0 Å². The quantitative estimate of drug-likeness (QED) is 0.694. The van der Waals surface area contributed by atoms with Gasteiger partial charge in [0.2, 0.25) is 5.91 Å². The van der Waals surface area contributed by atoms with Gasteiger partial charge < -0.3 is 25.6 Å². The molecule has 21 heavy (non-hydrogen) atoms. The summed E-state index contributed by atoms with van der Waals surface area (Å²) in [5.41, 5.74) is 5.98. The molecule has 1 fully saturated rings.